The molecule has 2 aromatic rings. The van der Waals surface area contributed by atoms with Gasteiger partial charge in [0.2, 0.25) is 5.91 Å². The summed E-state index contributed by atoms with van der Waals surface area (Å²) >= 11 is 9.07. The number of hydrogen-bond acceptors (Lipinski definition) is 11. The van der Waals surface area contributed by atoms with Gasteiger partial charge in [-0.2, -0.15) is 17.0 Å². The van der Waals surface area contributed by atoms with Crippen molar-refractivity contribution in [2.75, 3.05) is 5.75 Å². The number of amides is 2. The first kappa shape index (κ1) is 21.5. The number of aliphatic carboxylic acids is 1. The molecule has 3 atom stereocenters. The van der Waals surface area contributed by atoms with Crippen LogP contribution in [0.25, 0.3) is 0 Å². The fourth-order valence-electron chi connectivity index (χ4n) is 3.16. The number of fused-ring (bicyclic) bond motifs is 1. The predicted octanol–water partition coefficient (Wildman–Crippen LogP) is 1.28. The van der Waals surface area contributed by atoms with Crippen LogP contribution < -0.4 is 9.37 Å². The summed E-state index contributed by atoms with van der Waals surface area (Å²) in [6.45, 7) is 1.74. The monoisotopic (exact) mass is 502 g/mol. The van der Waals surface area contributed by atoms with Crippen molar-refractivity contribution in [3.8, 4) is 0 Å². The maximum atomic E-state index is 12.7. The summed E-state index contributed by atoms with van der Waals surface area (Å²) in [6, 6.07) is -0.809. The Kier molecular flexibility index (Phi) is 6.03. The maximum absolute atomic E-state index is 12.7. The molecular weight excluding hydrogens is 489 g/mol. The number of thioether (sulfide) groups is 1. The third kappa shape index (κ3) is 3.93. The number of carbonyl (C=O) groups excluding carboxylic acids is 2. The minimum Gasteiger partial charge on any atom is -0.477 e. The van der Waals surface area contributed by atoms with Crippen molar-refractivity contribution >= 4 is 76.4 Å². The molecule has 0 radical (unpaired) electrons. The largest absolute Gasteiger partial charge is 0.477 e. The smallest absolute Gasteiger partial charge is 0.352 e. The molecule has 1 saturated heterocycles. The number of aromatic nitrogens is 2. The van der Waals surface area contributed by atoms with E-state index in [1.165, 1.54) is 16.7 Å². The third-order valence-electron chi connectivity index (χ3n) is 4.46. The first-order chi connectivity index (χ1) is 14.3. The molecule has 4 heterocycles. The summed E-state index contributed by atoms with van der Waals surface area (Å²) in [5.74, 6) is -1.18. The van der Waals surface area contributed by atoms with E-state index < -0.39 is 28.5 Å². The summed E-state index contributed by atoms with van der Waals surface area (Å²) in [4.78, 5) is 54.3. The van der Waals surface area contributed by atoms with Gasteiger partial charge >= 0.3 is 5.97 Å². The van der Waals surface area contributed by atoms with Crippen molar-refractivity contribution in [2.24, 2.45) is 0 Å². The standard InChI is InChI=1S/C16H14N4O5S5/c1-5-17-12(30-19-5)11(26)7-4-27-14-9(13(22)20(14)10(7)15(23)24)18-8(21)2-6-3-28-16(25)29-6/h3,9,11,14,26H,2,4H2,1H3,(H,18,21)(H,23,24). The van der Waals surface area contributed by atoms with Gasteiger partial charge in [-0.05, 0) is 24.0 Å². The Balaban J connectivity index is 1.52. The van der Waals surface area contributed by atoms with Gasteiger partial charge in [0.15, 0.2) is 0 Å². The van der Waals surface area contributed by atoms with Gasteiger partial charge < -0.3 is 10.4 Å². The van der Waals surface area contributed by atoms with Crippen LogP contribution >= 0.6 is 58.6 Å². The van der Waals surface area contributed by atoms with Crippen LogP contribution in [-0.4, -0.2) is 54.3 Å². The van der Waals surface area contributed by atoms with Crippen molar-refractivity contribution in [3.05, 3.63) is 41.2 Å². The van der Waals surface area contributed by atoms with Gasteiger partial charge in [0.05, 0.1) is 11.7 Å². The third-order valence-corrected chi connectivity index (χ3v) is 9.34. The van der Waals surface area contributed by atoms with E-state index in [1.807, 2.05) is 0 Å². The zero-order chi connectivity index (χ0) is 21.6. The first-order valence-corrected chi connectivity index (χ1v) is 12.6. The van der Waals surface area contributed by atoms with Gasteiger partial charge in [-0.3, -0.25) is 19.3 Å². The van der Waals surface area contributed by atoms with E-state index in [9.17, 15) is 24.3 Å². The lowest BCUT2D eigenvalue weighted by Crippen LogP contribution is -2.70. The average Bonchev–Trinajstić information content (AvgIpc) is 3.32. The maximum Gasteiger partial charge on any atom is 0.352 e. The van der Waals surface area contributed by atoms with E-state index in [-0.39, 0.29) is 22.1 Å². The fraction of sp³-hybridized carbons (Fsp3) is 0.375. The molecule has 0 bridgehead atoms. The number of β-lactam (4-membered cyclic amide) rings is 1. The van der Waals surface area contributed by atoms with E-state index in [0.29, 0.717) is 27.0 Å². The number of aryl methyl sites for hydroxylation is 1. The van der Waals surface area contributed by atoms with E-state index in [4.69, 9.17) is 0 Å². The summed E-state index contributed by atoms with van der Waals surface area (Å²) < 4.78 is 4.01. The van der Waals surface area contributed by atoms with Crippen molar-refractivity contribution < 1.29 is 19.5 Å². The average molecular weight is 503 g/mol. The van der Waals surface area contributed by atoms with Crippen LogP contribution in [0, 0.1) is 6.92 Å². The second kappa shape index (κ2) is 8.42. The van der Waals surface area contributed by atoms with Crippen LogP contribution in [0.4, 0.5) is 0 Å². The van der Waals surface area contributed by atoms with Crippen LogP contribution in [0.2, 0.25) is 0 Å². The molecular formula is C16H14N4O5S5. The second-order valence-corrected chi connectivity index (χ2v) is 11.1. The Hall–Kier alpha value is -1.74. The summed E-state index contributed by atoms with van der Waals surface area (Å²) in [5, 5.41) is 13.5. The molecule has 14 heteroatoms. The quantitative estimate of drug-likeness (QED) is 0.398. The zero-order valence-electron chi connectivity index (χ0n) is 15.2. The topological polar surface area (TPSA) is 130 Å². The van der Waals surface area contributed by atoms with Gasteiger partial charge in [0, 0.05) is 16.0 Å². The van der Waals surface area contributed by atoms with E-state index >= 15 is 0 Å². The van der Waals surface area contributed by atoms with Crippen molar-refractivity contribution in [2.45, 2.75) is 30.0 Å². The number of nitrogens with one attached hydrogen (secondary N) is 1. The molecule has 4 rings (SSSR count). The number of rotatable bonds is 6. The Labute approximate surface area is 191 Å². The Morgan fingerprint density at radius 1 is 1.43 bits per heavy atom. The Morgan fingerprint density at radius 2 is 2.20 bits per heavy atom. The SMILES string of the molecule is Cc1nsc(C(S)C2=C(C(=O)O)N3C(=O)C(NC(=O)Cc4csc(=O)s4)C3SC2)n1. The lowest BCUT2D eigenvalue weighted by molar-refractivity contribution is -0.150. The van der Waals surface area contributed by atoms with Crippen LogP contribution in [0.5, 0.6) is 0 Å². The highest BCUT2D eigenvalue weighted by atomic mass is 32.2. The van der Waals surface area contributed by atoms with Crippen molar-refractivity contribution in [3.63, 3.8) is 0 Å². The molecule has 30 heavy (non-hydrogen) atoms. The number of thiol groups is 1. The van der Waals surface area contributed by atoms with Crippen molar-refractivity contribution in [1.29, 1.82) is 0 Å². The molecule has 2 N–H and O–H groups in total. The summed E-state index contributed by atoms with van der Waals surface area (Å²) in [5.41, 5.74) is 0.363. The van der Waals surface area contributed by atoms with E-state index in [2.05, 4.69) is 27.3 Å². The molecule has 0 spiro atoms. The predicted molar refractivity (Wildman–Crippen MR) is 118 cm³/mol. The molecule has 0 aliphatic carbocycles. The molecule has 1 fully saturated rings. The highest BCUT2D eigenvalue weighted by Crippen LogP contribution is 2.45. The van der Waals surface area contributed by atoms with Gasteiger partial charge in [0.1, 0.15) is 27.9 Å². The Bertz CT molecular complexity index is 1120. The summed E-state index contributed by atoms with van der Waals surface area (Å²) in [6.07, 6.45) is 0.00651. The van der Waals surface area contributed by atoms with Crippen molar-refractivity contribution in [1.82, 2.24) is 19.6 Å². The molecule has 158 valence electrons. The minimum absolute atomic E-state index is 0.00651. The van der Waals surface area contributed by atoms with E-state index in [0.717, 1.165) is 34.2 Å². The number of carboxylic acid groups (broad SMARTS) is 1. The Morgan fingerprint density at radius 3 is 2.80 bits per heavy atom. The second-order valence-electron chi connectivity index (χ2n) is 6.45. The van der Waals surface area contributed by atoms with Crippen LogP contribution in [0.1, 0.15) is 21.0 Å². The fourth-order valence-corrected chi connectivity index (χ4v) is 7.48. The highest BCUT2D eigenvalue weighted by molar-refractivity contribution is 8.00. The lowest BCUT2D eigenvalue weighted by atomic mass is 10.0. The van der Waals surface area contributed by atoms with Crippen LogP contribution in [0.15, 0.2) is 21.4 Å². The number of hydrogen-bond donors (Lipinski definition) is 3. The minimum atomic E-state index is -1.23. The molecule has 2 aromatic heterocycles. The van der Waals surface area contributed by atoms with Gasteiger partial charge in [0.25, 0.3) is 9.96 Å². The highest BCUT2D eigenvalue weighted by Gasteiger charge is 2.54. The molecule has 2 aliphatic heterocycles. The number of carboxylic acids is 1. The van der Waals surface area contributed by atoms with Gasteiger partial charge in [-0.1, -0.05) is 22.7 Å². The molecule has 0 saturated carbocycles. The normalized spacial score (nSPS) is 21.8. The molecule has 0 aromatic carbocycles. The molecule has 9 nitrogen and oxygen atoms in total. The van der Waals surface area contributed by atoms with E-state index in [1.54, 1.807) is 12.3 Å². The first-order valence-electron chi connectivity index (χ1n) is 8.52. The molecule has 2 amide bonds. The zero-order valence-corrected chi connectivity index (χ0v) is 19.4. The van der Waals surface area contributed by atoms with Gasteiger partial charge in [-0.25, -0.2) is 9.78 Å². The molecule has 3 unspecified atom stereocenters. The van der Waals surface area contributed by atoms with Crippen LogP contribution in [0.3, 0.4) is 0 Å². The lowest BCUT2D eigenvalue weighted by Gasteiger charge is -2.49. The van der Waals surface area contributed by atoms with Gasteiger partial charge in [-0.15, -0.1) is 11.8 Å². The summed E-state index contributed by atoms with van der Waals surface area (Å²) in [7, 11) is 0. The molecule has 2 aliphatic rings. The number of nitrogens with zero attached hydrogens (tertiary/aromatic N) is 3. The van der Waals surface area contributed by atoms with Crippen LogP contribution in [-0.2, 0) is 20.8 Å². The number of carbonyl (C=O) groups is 3.